The van der Waals surface area contributed by atoms with E-state index in [2.05, 4.69) is 15.0 Å². The van der Waals surface area contributed by atoms with Crippen LogP contribution in [0.2, 0.25) is 0 Å². The van der Waals surface area contributed by atoms with Gasteiger partial charge in [-0.2, -0.15) is 0 Å². The molecule has 4 rings (SSSR count). The van der Waals surface area contributed by atoms with E-state index >= 15 is 0 Å². The number of aryl methyl sites for hydroxylation is 1. The second kappa shape index (κ2) is 7.03. The Hall–Kier alpha value is -2.87. The van der Waals surface area contributed by atoms with Crippen LogP contribution in [-0.4, -0.2) is 51.9 Å². The summed E-state index contributed by atoms with van der Waals surface area (Å²) in [6.45, 7) is 2.91. The van der Waals surface area contributed by atoms with E-state index in [-0.39, 0.29) is 23.5 Å². The number of carbonyl (C=O) groups excluding carboxylic acids is 1. The number of amides is 1. The minimum Gasteiger partial charge on any atom is -0.350 e. The van der Waals surface area contributed by atoms with Gasteiger partial charge < -0.3 is 9.80 Å². The topological polar surface area (TPSA) is 62.2 Å². The SMILES string of the molecule is Cc1nc(C(=O)N(C)C2CN(c3ncnc(-c4ccccc4)c3F)C2)cs1. The number of benzene rings is 1. The molecule has 1 fully saturated rings. The van der Waals surface area contributed by atoms with Crippen LogP contribution in [0.25, 0.3) is 11.3 Å². The lowest BCUT2D eigenvalue weighted by Crippen LogP contribution is -2.60. The van der Waals surface area contributed by atoms with Crippen LogP contribution in [0.4, 0.5) is 10.2 Å². The zero-order chi connectivity index (χ0) is 19.0. The summed E-state index contributed by atoms with van der Waals surface area (Å²) in [6.07, 6.45) is 1.38. The Morgan fingerprint density at radius 2 is 2.00 bits per heavy atom. The summed E-state index contributed by atoms with van der Waals surface area (Å²) in [5.41, 5.74) is 1.45. The molecule has 1 aliphatic heterocycles. The third kappa shape index (κ3) is 3.28. The smallest absolute Gasteiger partial charge is 0.273 e. The zero-order valence-corrected chi connectivity index (χ0v) is 15.8. The molecule has 1 amide bonds. The fraction of sp³-hybridized carbons (Fsp3) is 0.263. The van der Waals surface area contributed by atoms with Gasteiger partial charge in [-0.15, -0.1) is 11.3 Å². The first-order valence-corrected chi connectivity index (χ1v) is 9.42. The molecule has 1 aromatic carbocycles. The molecule has 1 saturated heterocycles. The Morgan fingerprint density at radius 1 is 1.26 bits per heavy atom. The van der Waals surface area contributed by atoms with Crippen LogP contribution in [0, 0.1) is 12.7 Å². The van der Waals surface area contributed by atoms with Gasteiger partial charge >= 0.3 is 0 Å². The molecule has 8 heteroatoms. The molecule has 2 aromatic heterocycles. The van der Waals surface area contributed by atoms with Gasteiger partial charge in [-0.1, -0.05) is 30.3 Å². The fourth-order valence-electron chi connectivity index (χ4n) is 3.06. The molecular weight excluding hydrogens is 365 g/mol. The van der Waals surface area contributed by atoms with Gasteiger partial charge in [0.15, 0.2) is 11.6 Å². The Bertz CT molecular complexity index is 971. The van der Waals surface area contributed by atoms with Crippen molar-refractivity contribution >= 4 is 23.1 Å². The number of carbonyl (C=O) groups is 1. The molecule has 1 aliphatic rings. The summed E-state index contributed by atoms with van der Waals surface area (Å²) in [6, 6.07) is 9.19. The number of nitrogens with zero attached hydrogens (tertiary/aromatic N) is 5. The van der Waals surface area contributed by atoms with E-state index in [0.29, 0.717) is 24.3 Å². The monoisotopic (exact) mass is 383 g/mol. The molecular formula is C19H18FN5OS. The van der Waals surface area contributed by atoms with Crippen molar-refractivity contribution < 1.29 is 9.18 Å². The van der Waals surface area contributed by atoms with Crippen LogP contribution < -0.4 is 4.90 Å². The second-order valence-corrected chi connectivity index (χ2v) is 7.51. The van der Waals surface area contributed by atoms with Crippen LogP contribution in [0.5, 0.6) is 0 Å². The zero-order valence-electron chi connectivity index (χ0n) is 15.0. The van der Waals surface area contributed by atoms with Crippen molar-refractivity contribution in [1.29, 1.82) is 0 Å². The molecule has 0 spiro atoms. The highest BCUT2D eigenvalue weighted by molar-refractivity contribution is 7.09. The predicted molar refractivity (Wildman–Crippen MR) is 102 cm³/mol. The van der Waals surface area contributed by atoms with E-state index in [1.54, 1.807) is 17.3 Å². The third-order valence-corrected chi connectivity index (χ3v) is 5.46. The fourth-order valence-corrected chi connectivity index (χ4v) is 3.65. The van der Waals surface area contributed by atoms with Crippen LogP contribution >= 0.6 is 11.3 Å². The summed E-state index contributed by atoms with van der Waals surface area (Å²) < 4.78 is 14.9. The average Bonchev–Trinajstić information content (AvgIpc) is 3.08. The number of likely N-dealkylation sites (N-methyl/N-ethyl adjacent to an activating group) is 1. The van der Waals surface area contributed by atoms with E-state index in [1.165, 1.54) is 17.7 Å². The van der Waals surface area contributed by atoms with E-state index in [0.717, 1.165) is 5.01 Å². The summed E-state index contributed by atoms with van der Waals surface area (Å²) in [7, 11) is 1.75. The lowest BCUT2D eigenvalue weighted by molar-refractivity contribution is 0.0699. The lowest BCUT2D eigenvalue weighted by atomic mass is 10.1. The molecule has 0 radical (unpaired) electrons. The molecule has 0 aliphatic carbocycles. The van der Waals surface area contributed by atoms with Crippen molar-refractivity contribution in [3.05, 3.63) is 58.6 Å². The summed E-state index contributed by atoms with van der Waals surface area (Å²) in [5.74, 6) is -0.283. The molecule has 0 unspecified atom stereocenters. The quantitative estimate of drug-likeness (QED) is 0.693. The Balaban J connectivity index is 1.47. The van der Waals surface area contributed by atoms with Gasteiger partial charge in [0.2, 0.25) is 0 Å². The van der Waals surface area contributed by atoms with Gasteiger partial charge in [0.1, 0.15) is 17.7 Å². The first kappa shape index (κ1) is 17.5. The van der Waals surface area contributed by atoms with Crippen molar-refractivity contribution in [3.63, 3.8) is 0 Å². The van der Waals surface area contributed by atoms with Gasteiger partial charge in [-0.3, -0.25) is 4.79 Å². The first-order valence-electron chi connectivity index (χ1n) is 8.54. The number of hydrogen-bond acceptors (Lipinski definition) is 6. The minimum atomic E-state index is -0.439. The van der Waals surface area contributed by atoms with Gasteiger partial charge in [0.25, 0.3) is 5.91 Å². The van der Waals surface area contributed by atoms with Crippen molar-refractivity contribution in [2.24, 2.45) is 0 Å². The van der Waals surface area contributed by atoms with Gasteiger partial charge in [0.05, 0.1) is 11.0 Å². The van der Waals surface area contributed by atoms with Crippen LogP contribution in [0.3, 0.4) is 0 Å². The minimum absolute atomic E-state index is 0.00551. The van der Waals surface area contributed by atoms with Crippen molar-refractivity contribution in [3.8, 4) is 11.3 Å². The molecule has 3 aromatic rings. The first-order chi connectivity index (χ1) is 13.0. The van der Waals surface area contributed by atoms with Crippen LogP contribution in [0.1, 0.15) is 15.5 Å². The van der Waals surface area contributed by atoms with E-state index in [4.69, 9.17) is 0 Å². The molecule has 0 bridgehead atoms. The van der Waals surface area contributed by atoms with Crippen molar-refractivity contribution in [1.82, 2.24) is 19.9 Å². The van der Waals surface area contributed by atoms with Gasteiger partial charge in [-0.25, -0.2) is 19.3 Å². The molecule has 0 saturated carbocycles. The predicted octanol–water partition coefficient (Wildman–Crippen LogP) is 3.01. The molecule has 138 valence electrons. The molecule has 0 atom stereocenters. The lowest BCUT2D eigenvalue weighted by Gasteiger charge is -2.44. The maximum atomic E-state index is 14.9. The Kier molecular flexibility index (Phi) is 4.57. The number of hydrogen-bond donors (Lipinski definition) is 0. The number of aromatic nitrogens is 3. The molecule has 0 N–H and O–H groups in total. The molecule has 27 heavy (non-hydrogen) atoms. The Labute approximate surface area is 160 Å². The second-order valence-electron chi connectivity index (χ2n) is 6.45. The third-order valence-electron chi connectivity index (χ3n) is 4.69. The summed E-state index contributed by atoms with van der Waals surface area (Å²) >= 11 is 1.45. The number of anilines is 1. The van der Waals surface area contributed by atoms with Gasteiger partial charge in [0, 0.05) is 31.1 Å². The van der Waals surface area contributed by atoms with Crippen LogP contribution in [-0.2, 0) is 0 Å². The average molecular weight is 383 g/mol. The highest BCUT2D eigenvalue weighted by atomic mass is 32.1. The summed E-state index contributed by atoms with van der Waals surface area (Å²) in [4.78, 5) is 28.4. The highest BCUT2D eigenvalue weighted by Crippen LogP contribution is 2.29. The maximum absolute atomic E-state index is 14.9. The maximum Gasteiger partial charge on any atom is 0.273 e. The number of thiazole rings is 1. The normalized spacial score (nSPS) is 14.1. The van der Waals surface area contributed by atoms with E-state index in [1.807, 2.05) is 42.2 Å². The molecule has 3 heterocycles. The van der Waals surface area contributed by atoms with E-state index in [9.17, 15) is 9.18 Å². The Morgan fingerprint density at radius 3 is 2.67 bits per heavy atom. The molecule has 6 nitrogen and oxygen atoms in total. The number of halogens is 1. The largest absolute Gasteiger partial charge is 0.350 e. The van der Waals surface area contributed by atoms with Crippen LogP contribution in [0.15, 0.2) is 42.0 Å². The highest BCUT2D eigenvalue weighted by Gasteiger charge is 2.36. The van der Waals surface area contributed by atoms with E-state index < -0.39 is 5.82 Å². The van der Waals surface area contributed by atoms with Crippen molar-refractivity contribution in [2.75, 3.05) is 25.0 Å². The number of rotatable bonds is 4. The summed E-state index contributed by atoms with van der Waals surface area (Å²) in [5, 5.41) is 2.62. The van der Waals surface area contributed by atoms with Gasteiger partial charge in [-0.05, 0) is 6.92 Å². The van der Waals surface area contributed by atoms with Crippen molar-refractivity contribution in [2.45, 2.75) is 13.0 Å². The standard InChI is InChI=1S/C19H18FN5OS/c1-12-23-15(10-27-12)19(26)24(2)14-8-25(9-14)18-16(20)17(21-11-22-18)13-6-4-3-5-7-13/h3-7,10-11,14H,8-9H2,1-2H3.